The fourth-order valence-corrected chi connectivity index (χ4v) is 5.16. The molecule has 1 saturated heterocycles. The SMILES string of the molecule is NC1C(=O)N2C(C(=O)O)=C(CSc3cncs3)CS[C@@H]12. The van der Waals surface area contributed by atoms with Gasteiger partial charge in [-0.05, 0) is 5.57 Å². The number of carbonyl (C=O) groups is 2. The molecular formula is C11H11N3O3S3. The number of carboxylic acids is 1. The molecule has 3 rings (SSSR count). The van der Waals surface area contributed by atoms with Gasteiger partial charge in [-0.1, -0.05) is 0 Å². The lowest BCUT2D eigenvalue weighted by Gasteiger charge is -2.48. The van der Waals surface area contributed by atoms with Crippen molar-refractivity contribution < 1.29 is 14.7 Å². The second-order valence-corrected chi connectivity index (χ2v) is 7.57. The normalized spacial score (nSPS) is 25.4. The fraction of sp³-hybridized carbons (Fsp3) is 0.364. The zero-order chi connectivity index (χ0) is 14.3. The molecule has 0 spiro atoms. The summed E-state index contributed by atoms with van der Waals surface area (Å²) in [6.45, 7) is 0. The van der Waals surface area contributed by atoms with E-state index >= 15 is 0 Å². The number of hydrogen-bond donors (Lipinski definition) is 2. The predicted octanol–water partition coefficient (Wildman–Crippen LogP) is 0.816. The highest BCUT2D eigenvalue weighted by molar-refractivity contribution is 8.02. The largest absolute Gasteiger partial charge is 0.477 e. The summed E-state index contributed by atoms with van der Waals surface area (Å²) in [5.41, 5.74) is 8.30. The summed E-state index contributed by atoms with van der Waals surface area (Å²) in [5.74, 6) is -0.228. The Labute approximate surface area is 127 Å². The molecule has 2 aliphatic rings. The van der Waals surface area contributed by atoms with Gasteiger partial charge in [0.25, 0.3) is 0 Å². The van der Waals surface area contributed by atoms with E-state index in [1.165, 1.54) is 39.8 Å². The van der Waals surface area contributed by atoms with Crippen LogP contribution in [0.2, 0.25) is 0 Å². The zero-order valence-electron chi connectivity index (χ0n) is 10.2. The van der Waals surface area contributed by atoms with Crippen LogP contribution in [-0.2, 0) is 9.59 Å². The van der Waals surface area contributed by atoms with Gasteiger partial charge in [0.2, 0.25) is 5.91 Å². The summed E-state index contributed by atoms with van der Waals surface area (Å²) in [6.07, 6.45) is 1.75. The number of carboxylic acid groups (broad SMARTS) is 1. The van der Waals surface area contributed by atoms with E-state index in [4.69, 9.17) is 5.73 Å². The quantitative estimate of drug-likeness (QED) is 0.623. The number of amides is 1. The van der Waals surface area contributed by atoms with Gasteiger partial charge in [0, 0.05) is 11.5 Å². The van der Waals surface area contributed by atoms with Crippen molar-refractivity contribution in [3.05, 3.63) is 23.0 Å². The lowest BCUT2D eigenvalue weighted by Crippen LogP contribution is -2.68. The number of thioether (sulfide) groups is 2. The Morgan fingerprint density at radius 3 is 3.10 bits per heavy atom. The molecule has 20 heavy (non-hydrogen) atoms. The Kier molecular flexibility index (Phi) is 3.76. The van der Waals surface area contributed by atoms with E-state index in [9.17, 15) is 14.7 Å². The van der Waals surface area contributed by atoms with Crippen LogP contribution < -0.4 is 5.73 Å². The van der Waals surface area contributed by atoms with Gasteiger partial charge >= 0.3 is 5.97 Å². The first-order chi connectivity index (χ1) is 9.59. The molecule has 9 heteroatoms. The van der Waals surface area contributed by atoms with Crippen molar-refractivity contribution in [1.29, 1.82) is 0 Å². The van der Waals surface area contributed by atoms with E-state index < -0.39 is 12.0 Å². The second-order valence-electron chi connectivity index (χ2n) is 4.30. The molecule has 3 N–H and O–H groups in total. The van der Waals surface area contributed by atoms with Gasteiger partial charge in [0.05, 0.1) is 15.9 Å². The topological polar surface area (TPSA) is 96.5 Å². The van der Waals surface area contributed by atoms with Gasteiger partial charge in [-0.2, -0.15) is 0 Å². The number of thiazole rings is 1. The van der Waals surface area contributed by atoms with E-state index in [0.29, 0.717) is 11.5 Å². The summed E-state index contributed by atoms with van der Waals surface area (Å²) < 4.78 is 1.03. The number of aliphatic carboxylic acids is 1. The monoisotopic (exact) mass is 329 g/mol. The number of β-lactam (4-membered cyclic amide) rings is 1. The Balaban J connectivity index is 1.82. The van der Waals surface area contributed by atoms with Gasteiger partial charge < -0.3 is 10.8 Å². The summed E-state index contributed by atoms with van der Waals surface area (Å²) in [7, 11) is 0. The Morgan fingerprint density at radius 2 is 2.45 bits per heavy atom. The van der Waals surface area contributed by atoms with Crippen molar-refractivity contribution >= 4 is 46.7 Å². The lowest BCUT2D eigenvalue weighted by atomic mass is 10.0. The fourth-order valence-electron chi connectivity index (χ4n) is 2.12. The molecule has 2 atom stereocenters. The number of rotatable bonds is 4. The highest BCUT2D eigenvalue weighted by atomic mass is 32.2. The third-order valence-corrected chi connectivity index (χ3v) is 6.54. The second kappa shape index (κ2) is 5.40. The molecule has 0 saturated carbocycles. The van der Waals surface area contributed by atoms with E-state index in [0.717, 1.165) is 9.78 Å². The van der Waals surface area contributed by atoms with Crippen molar-refractivity contribution in [3.63, 3.8) is 0 Å². The molecular weight excluding hydrogens is 318 g/mol. The van der Waals surface area contributed by atoms with Crippen LogP contribution in [0.15, 0.2) is 27.2 Å². The number of hydrogen-bond acceptors (Lipinski definition) is 7. The molecule has 2 aliphatic heterocycles. The summed E-state index contributed by atoms with van der Waals surface area (Å²) in [6, 6.07) is -0.579. The Morgan fingerprint density at radius 1 is 1.65 bits per heavy atom. The highest BCUT2D eigenvalue weighted by Crippen LogP contribution is 2.40. The molecule has 0 bridgehead atoms. The zero-order valence-corrected chi connectivity index (χ0v) is 12.6. The molecule has 1 aromatic rings. The molecule has 1 fully saturated rings. The Hall–Kier alpha value is -1.03. The van der Waals surface area contributed by atoms with Crippen LogP contribution >= 0.6 is 34.9 Å². The number of nitrogens with zero attached hydrogens (tertiary/aromatic N) is 2. The summed E-state index contributed by atoms with van der Waals surface area (Å²) in [5, 5.41) is 9.14. The maximum absolute atomic E-state index is 11.8. The average molecular weight is 329 g/mol. The number of carbonyl (C=O) groups excluding carboxylic acids is 1. The molecule has 106 valence electrons. The molecule has 0 aromatic carbocycles. The number of aromatic nitrogens is 1. The van der Waals surface area contributed by atoms with Gasteiger partial charge in [0.15, 0.2) is 0 Å². The minimum absolute atomic E-state index is 0.109. The van der Waals surface area contributed by atoms with Crippen molar-refractivity contribution in [1.82, 2.24) is 9.88 Å². The molecule has 1 unspecified atom stereocenters. The van der Waals surface area contributed by atoms with Crippen molar-refractivity contribution in [2.24, 2.45) is 5.73 Å². The maximum Gasteiger partial charge on any atom is 0.352 e. The van der Waals surface area contributed by atoms with Crippen LogP contribution in [0.3, 0.4) is 0 Å². The average Bonchev–Trinajstić information content (AvgIpc) is 2.96. The lowest BCUT2D eigenvalue weighted by molar-refractivity contribution is -0.147. The number of fused-ring (bicyclic) bond motifs is 1. The van der Waals surface area contributed by atoms with Gasteiger partial charge in [-0.3, -0.25) is 14.7 Å². The molecule has 0 radical (unpaired) electrons. The summed E-state index contributed by atoms with van der Waals surface area (Å²) >= 11 is 4.57. The molecule has 1 aromatic heterocycles. The van der Waals surface area contributed by atoms with E-state index in [2.05, 4.69) is 4.98 Å². The van der Waals surface area contributed by atoms with Crippen molar-refractivity contribution in [2.75, 3.05) is 11.5 Å². The smallest absolute Gasteiger partial charge is 0.352 e. The van der Waals surface area contributed by atoms with Crippen molar-refractivity contribution in [3.8, 4) is 0 Å². The van der Waals surface area contributed by atoms with Crippen LogP contribution in [-0.4, -0.2) is 49.8 Å². The molecule has 1 amide bonds. The van der Waals surface area contributed by atoms with Crippen LogP contribution in [0.25, 0.3) is 0 Å². The van der Waals surface area contributed by atoms with E-state index in [-0.39, 0.29) is 17.0 Å². The van der Waals surface area contributed by atoms with Gasteiger partial charge in [-0.15, -0.1) is 34.9 Å². The van der Waals surface area contributed by atoms with Gasteiger partial charge in [0.1, 0.15) is 17.1 Å². The summed E-state index contributed by atoms with van der Waals surface area (Å²) in [4.78, 5) is 28.5. The first-order valence-corrected chi connectivity index (χ1v) is 8.68. The van der Waals surface area contributed by atoms with E-state index in [1.54, 1.807) is 11.7 Å². The minimum Gasteiger partial charge on any atom is -0.477 e. The molecule has 0 aliphatic carbocycles. The van der Waals surface area contributed by atoms with Crippen LogP contribution in [0.5, 0.6) is 0 Å². The van der Waals surface area contributed by atoms with Crippen LogP contribution in [0, 0.1) is 0 Å². The minimum atomic E-state index is -1.06. The standard InChI is InChI=1S/C11H11N3O3S3/c12-7-9(15)14-8(11(16)17)5(3-19-10(7)14)2-18-6-1-13-4-20-6/h1,4,7,10H,2-3,12H2,(H,16,17)/t7?,10-/m0/s1. The third kappa shape index (κ3) is 2.24. The maximum atomic E-state index is 11.8. The number of nitrogens with two attached hydrogens (primary N) is 1. The van der Waals surface area contributed by atoms with Crippen molar-refractivity contribution in [2.45, 2.75) is 15.6 Å². The highest BCUT2D eigenvalue weighted by Gasteiger charge is 2.51. The van der Waals surface area contributed by atoms with Gasteiger partial charge in [-0.25, -0.2) is 4.79 Å². The first-order valence-electron chi connectivity index (χ1n) is 5.76. The predicted molar refractivity (Wildman–Crippen MR) is 78.6 cm³/mol. The van der Waals surface area contributed by atoms with Crippen LogP contribution in [0.1, 0.15) is 0 Å². The molecule has 3 heterocycles. The van der Waals surface area contributed by atoms with Crippen LogP contribution in [0.4, 0.5) is 0 Å². The first kappa shape index (κ1) is 13.9. The third-order valence-electron chi connectivity index (χ3n) is 3.09. The Bertz CT molecular complexity index is 587. The molecule has 6 nitrogen and oxygen atoms in total. The van der Waals surface area contributed by atoms with E-state index in [1.807, 2.05) is 0 Å².